The molecule has 0 saturated carbocycles. The highest BCUT2D eigenvalue weighted by Crippen LogP contribution is 2.33. The van der Waals surface area contributed by atoms with E-state index in [2.05, 4.69) is 5.32 Å². The van der Waals surface area contributed by atoms with E-state index in [1.807, 2.05) is 0 Å². The van der Waals surface area contributed by atoms with Gasteiger partial charge in [0.25, 0.3) is 5.91 Å². The SMILES string of the molecule is NCCOC(=O)c1ccc(-c2ccc(Cl)cc2Cl)cc1NC(=O)c1cc(O)c(C=O)cc1C(=O)O. The minimum atomic E-state index is -1.50. The number of hydrogen-bond acceptors (Lipinski definition) is 7. The van der Waals surface area contributed by atoms with Gasteiger partial charge in [-0.3, -0.25) is 9.59 Å². The predicted octanol–water partition coefficient (Wildman–Crippen LogP) is 4.24. The number of nitrogens with two attached hydrogens (primary N) is 1. The zero-order valence-corrected chi connectivity index (χ0v) is 19.4. The van der Waals surface area contributed by atoms with E-state index in [1.54, 1.807) is 18.2 Å². The second-order valence-electron chi connectivity index (χ2n) is 7.14. The average molecular weight is 517 g/mol. The van der Waals surface area contributed by atoms with Crippen LogP contribution in [0.5, 0.6) is 5.75 Å². The number of amides is 1. The molecule has 0 aliphatic heterocycles. The Hall–Kier alpha value is -3.92. The Labute approximate surface area is 209 Å². The van der Waals surface area contributed by atoms with Crippen molar-refractivity contribution in [2.75, 3.05) is 18.5 Å². The number of esters is 1. The fourth-order valence-electron chi connectivity index (χ4n) is 3.20. The number of carboxylic acids is 1. The molecular formula is C24H18Cl2N2O7. The highest BCUT2D eigenvalue weighted by Gasteiger charge is 2.23. The largest absolute Gasteiger partial charge is 0.507 e. The van der Waals surface area contributed by atoms with E-state index in [1.165, 1.54) is 18.2 Å². The molecule has 35 heavy (non-hydrogen) atoms. The third-order valence-electron chi connectivity index (χ3n) is 4.85. The lowest BCUT2D eigenvalue weighted by Crippen LogP contribution is -2.20. The number of halogens is 2. The van der Waals surface area contributed by atoms with E-state index in [0.29, 0.717) is 21.2 Å². The molecule has 11 heteroatoms. The van der Waals surface area contributed by atoms with Gasteiger partial charge in [-0.2, -0.15) is 0 Å². The molecular weight excluding hydrogens is 499 g/mol. The molecule has 0 bridgehead atoms. The fourth-order valence-corrected chi connectivity index (χ4v) is 3.72. The third kappa shape index (κ3) is 5.78. The zero-order valence-electron chi connectivity index (χ0n) is 17.9. The molecule has 3 aromatic carbocycles. The minimum absolute atomic E-state index is 0.0177. The van der Waals surface area contributed by atoms with Crippen LogP contribution in [-0.4, -0.2) is 47.5 Å². The molecule has 3 rings (SSSR count). The predicted molar refractivity (Wildman–Crippen MR) is 130 cm³/mol. The molecule has 0 atom stereocenters. The molecule has 0 fully saturated rings. The maximum Gasteiger partial charge on any atom is 0.340 e. The summed E-state index contributed by atoms with van der Waals surface area (Å²) in [7, 11) is 0. The van der Waals surface area contributed by atoms with Crippen molar-refractivity contribution in [3.05, 3.63) is 80.8 Å². The lowest BCUT2D eigenvalue weighted by atomic mass is 10.0. The summed E-state index contributed by atoms with van der Waals surface area (Å²) in [5.41, 5.74) is 5.13. The van der Waals surface area contributed by atoms with Crippen LogP contribution in [0.15, 0.2) is 48.5 Å². The number of hydrogen-bond donors (Lipinski definition) is 4. The van der Waals surface area contributed by atoms with Crippen LogP contribution in [0.2, 0.25) is 10.0 Å². The monoisotopic (exact) mass is 516 g/mol. The van der Waals surface area contributed by atoms with E-state index in [9.17, 15) is 29.4 Å². The number of aromatic carboxylic acids is 1. The van der Waals surface area contributed by atoms with Gasteiger partial charge in [-0.15, -0.1) is 0 Å². The van der Waals surface area contributed by atoms with Crippen molar-refractivity contribution in [1.82, 2.24) is 0 Å². The Morgan fingerprint density at radius 3 is 2.37 bits per heavy atom. The lowest BCUT2D eigenvalue weighted by Gasteiger charge is -2.15. The van der Waals surface area contributed by atoms with Gasteiger partial charge in [0.1, 0.15) is 12.4 Å². The van der Waals surface area contributed by atoms with Crippen molar-refractivity contribution in [3.8, 4) is 16.9 Å². The maximum absolute atomic E-state index is 13.0. The van der Waals surface area contributed by atoms with Crippen molar-refractivity contribution < 1.29 is 34.1 Å². The molecule has 3 aromatic rings. The van der Waals surface area contributed by atoms with Gasteiger partial charge in [-0.25, -0.2) is 9.59 Å². The molecule has 0 saturated heterocycles. The van der Waals surface area contributed by atoms with Crippen LogP contribution in [0, 0.1) is 0 Å². The quantitative estimate of drug-likeness (QED) is 0.255. The number of nitrogens with one attached hydrogen (secondary N) is 1. The number of phenolic OH excluding ortho intramolecular Hbond substituents is 1. The average Bonchev–Trinajstić information content (AvgIpc) is 2.82. The maximum atomic E-state index is 13.0. The summed E-state index contributed by atoms with van der Waals surface area (Å²) in [6.07, 6.45) is 0.258. The number of anilines is 1. The Morgan fingerprint density at radius 1 is 1.00 bits per heavy atom. The first kappa shape index (κ1) is 25.7. The minimum Gasteiger partial charge on any atom is -0.507 e. The summed E-state index contributed by atoms with van der Waals surface area (Å²) in [5, 5.41) is 22.7. The number of aromatic hydroxyl groups is 1. The lowest BCUT2D eigenvalue weighted by molar-refractivity contribution is 0.0517. The topological polar surface area (TPSA) is 156 Å². The first-order valence-corrected chi connectivity index (χ1v) is 10.7. The second kappa shape index (κ2) is 11.0. The number of carbonyl (C=O) groups is 4. The van der Waals surface area contributed by atoms with Crippen molar-refractivity contribution in [2.24, 2.45) is 5.73 Å². The summed E-state index contributed by atoms with van der Waals surface area (Å²) < 4.78 is 5.07. The smallest absolute Gasteiger partial charge is 0.340 e. The highest BCUT2D eigenvalue weighted by atomic mass is 35.5. The van der Waals surface area contributed by atoms with E-state index in [4.69, 9.17) is 33.7 Å². The van der Waals surface area contributed by atoms with Gasteiger partial charge in [0.2, 0.25) is 0 Å². The summed E-state index contributed by atoms with van der Waals surface area (Å²) in [6.45, 7) is 0.0113. The standard InChI is InChI=1S/C24H18Cl2N2O7/c25-14-2-4-15(19(26)9-14)12-1-3-16(24(34)35-6-5-27)20(8-12)28-22(31)17-10-21(30)13(11-29)7-18(17)23(32)33/h1-4,7-11,30H,5-6,27H2,(H,28,31)(H,32,33). The molecule has 1 amide bonds. The van der Waals surface area contributed by atoms with E-state index in [0.717, 1.165) is 12.1 Å². The number of carboxylic acid groups (broad SMARTS) is 1. The molecule has 0 aromatic heterocycles. The molecule has 9 nitrogen and oxygen atoms in total. The summed E-state index contributed by atoms with van der Waals surface area (Å²) >= 11 is 12.3. The van der Waals surface area contributed by atoms with Gasteiger partial charge in [-0.1, -0.05) is 35.3 Å². The van der Waals surface area contributed by atoms with Crippen LogP contribution >= 0.6 is 23.2 Å². The Kier molecular flexibility index (Phi) is 8.08. The zero-order chi connectivity index (χ0) is 25.7. The molecule has 0 aliphatic rings. The van der Waals surface area contributed by atoms with Gasteiger partial charge in [0.15, 0.2) is 6.29 Å². The normalized spacial score (nSPS) is 10.5. The molecule has 0 spiro atoms. The van der Waals surface area contributed by atoms with E-state index in [-0.39, 0.29) is 36.3 Å². The molecule has 180 valence electrons. The van der Waals surface area contributed by atoms with Gasteiger partial charge in [0.05, 0.1) is 27.9 Å². The van der Waals surface area contributed by atoms with Gasteiger partial charge >= 0.3 is 11.9 Å². The van der Waals surface area contributed by atoms with E-state index < -0.39 is 34.7 Å². The number of aldehydes is 1. The van der Waals surface area contributed by atoms with Crippen molar-refractivity contribution >= 4 is 53.0 Å². The van der Waals surface area contributed by atoms with Crippen LogP contribution < -0.4 is 11.1 Å². The number of carbonyl (C=O) groups excluding carboxylic acids is 3. The van der Waals surface area contributed by atoms with Crippen molar-refractivity contribution in [2.45, 2.75) is 0 Å². The number of rotatable bonds is 8. The van der Waals surface area contributed by atoms with Crippen LogP contribution in [0.4, 0.5) is 5.69 Å². The first-order valence-electron chi connectivity index (χ1n) is 9.99. The van der Waals surface area contributed by atoms with Crippen LogP contribution in [0.3, 0.4) is 0 Å². The molecule has 0 aliphatic carbocycles. The first-order chi connectivity index (χ1) is 16.7. The Morgan fingerprint density at radius 2 is 1.74 bits per heavy atom. The number of phenols is 1. The third-order valence-corrected chi connectivity index (χ3v) is 5.40. The summed E-state index contributed by atoms with van der Waals surface area (Å²) in [4.78, 5) is 48.4. The van der Waals surface area contributed by atoms with Gasteiger partial charge < -0.3 is 26.0 Å². The summed E-state index contributed by atoms with van der Waals surface area (Å²) in [5.74, 6) is -3.82. The van der Waals surface area contributed by atoms with Crippen LogP contribution in [0.25, 0.3) is 11.1 Å². The van der Waals surface area contributed by atoms with Crippen molar-refractivity contribution in [3.63, 3.8) is 0 Å². The Balaban J connectivity index is 2.10. The van der Waals surface area contributed by atoms with Crippen molar-refractivity contribution in [1.29, 1.82) is 0 Å². The number of benzene rings is 3. The van der Waals surface area contributed by atoms with Gasteiger partial charge in [0, 0.05) is 22.2 Å². The highest BCUT2D eigenvalue weighted by molar-refractivity contribution is 6.36. The van der Waals surface area contributed by atoms with Gasteiger partial charge in [-0.05, 0) is 42.0 Å². The Bertz CT molecular complexity index is 1340. The second-order valence-corrected chi connectivity index (χ2v) is 7.99. The molecule has 0 unspecified atom stereocenters. The van der Waals surface area contributed by atoms with Crippen LogP contribution in [0.1, 0.15) is 41.4 Å². The molecule has 5 N–H and O–H groups in total. The summed E-state index contributed by atoms with van der Waals surface area (Å²) in [6, 6.07) is 11.0. The van der Waals surface area contributed by atoms with Crippen LogP contribution in [-0.2, 0) is 4.74 Å². The van der Waals surface area contributed by atoms with E-state index >= 15 is 0 Å². The molecule has 0 radical (unpaired) electrons. The molecule has 0 heterocycles. The fraction of sp³-hybridized carbons (Fsp3) is 0.0833. The number of ether oxygens (including phenoxy) is 1.